The van der Waals surface area contributed by atoms with Crippen LogP contribution in [-0.4, -0.2) is 53.6 Å². The van der Waals surface area contributed by atoms with Gasteiger partial charge in [0.2, 0.25) is 0 Å². The summed E-state index contributed by atoms with van der Waals surface area (Å²) in [4.78, 5) is 1.08. The van der Waals surface area contributed by atoms with Gasteiger partial charge in [0.25, 0.3) is 0 Å². The topological polar surface area (TPSA) is 43.7 Å². The van der Waals surface area contributed by atoms with Crippen LogP contribution in [0.25, 0.3) is 0 Å². The molecule has 0 saturated carbocycles. The van der Waals surface area contributed by atoms with Crippen molar-refractivity contribution >= 4 is 0 Å². The maximum absolute atomic E-state index is 12.0. The second-order valence-corrected chi connectivity index (χ2v) is 3.19. The largest absolute Gasteiger partial charge is 0.401 e. The highest BCUT2D eigenvalue weighted by atomic mass is 19.4. The van der Waals surface area contributed by atoms with Crippen LogP contribution in [0.15, 0.2) is 0 Å². The Morgan fingerprint density at radius 3 is 2.29 bits per heavy atom. The van der Waals surface area contributed by atoms with E-state index in [0.717, 1.165) is 4.90 Å². The zero-order valence-electron chi connectivity index (χ0n) is 8.09. The highest BCUT2D eigenvalue weighted by Gasteiger charge is 2.30. The molecule has 0 fully saturated rings. The number of hydrogen-bond acceptors (Lipinski definition) is 3. The van der Waals surface area contributed by atoms with Gasteiger partial charge in [-0.05, 0) is 13.0 Å². The van der Waals surface area contributed by atoms with Crippen molar-refractivity contribution in [3.8, 4) is 0 Å². The first-order valence-electron chi connectivity index (χ1n) is 4.47. The number of rotatable bonds is 6. The number of alkyl halides is 3. The van der Waals surface area contributed by atoms with E-state index in [-0.39, 0.29) is 13.1 Å². The molecule has 6 heteroatoms. The Balaban J connectivity index is 4.01. The van der Waals surface area contributed by atoms with E-state index >= 15 is 0 Å². The van der Waals surface area contributed by atoms with Crippen molar-refractivity contribution in [2.45, 2.75) is 25.6 Å². The van der Waals surface area contributed by atoms with Gasteiger partial charge in [0.05, 0.1) is 19.3 Å². The Morgan fingerprint density at radius 1 is 1.36 bits per heavy atom. The van der Waals surface area contributed by atoms with Crippen molar-refractivity contribution in [3.63, 3.8) is 0 Å². The van der Waals surface area contributed by atoms with Crippen LogP contribution >= 0.6 is 0 Å². The molecule has 0 saturated heterocycles. The zero-order valence-corrected chi connectivity index (χ0v) is 8.09. The summed E-state index contributed by atoms with van der Waals surface area (Å²) < 4.78 is 36.0. The van der Waals surface area contributed by atoms with Gasteiger partial charge >= 0.3 is 6.18 Å². The highest BCUT2D eigenvalue weighted by Crippen LogP contribution is 2.16. The smallest absolute Gasteiger partial charge is 0.394 e. The molecule has 0 radical (unpaired) electrons. The minimum absolute atomic E-state index is 0.149. The Kier molecular flexibility index (Phi) is 6.06. The van der Waals surface area contributed by atoms with Crippen LogP contribution in [0.5, 0.6) is 0 Å². The molecule has 0 aromatic carbocycles. The zero-order chi connectivity index (χ0) is 11.2. The molecule has 0 rings (SSSR count). The third-order valence-electron chi connectivity index (χ3n) is 1.62. The number of nitrogens with zero attached hydrogens (tertiary/aromatic N) is 1. The molecule has 3 nitrogen and oxygen atoms in total. The summed E-state index contributed by atoms with van der Waals surface area (Å²) >= 11 is 0. The van der Waals surface area contributed by atoms with E-state index in [9.17, 15) is 13.2 Å². The predicted molar refractivity (Wildman–Crippen MR) is 45.9 cm³/mol. The van der Waals surface area contributed by atoms with Crippen LogP contribution in [0.2, 0.25) is 0 Å². The van der Waals surface area contributed by atoms with Gasteiger partial charge in [-0.3, -0.25) is 4.90 Å². The Bertz CT molecular complexity index is 152. The second kappa shape index (κ2) is 6.21. The van der Waals surface area contributed by atoms with E-state index in [1.54, 1.807) is 6.92 Å². The molecule has 2 N–H and O–H groups in total. The summed E-state index contributed by atoms with van der Waals surface area (Å²) in [7, 11) is 0. The first-order chi connectivity index (χ1) is 6.39. The quantitative estimate of drug-likeness (QED) is 0.682. The van der Waals surface area contributed by atoms with Crippen molar-refractivity contribution < 1.29 is 23.4 Å². The summed E-state index contributed by atoms with van der Waals surface area (Å²) in [6.07, 6.45) is -4.79. The predicted octanol–water partition coefficient (Wildman–Crippen LogP) is 0.614. The van der Waals surface area contributed by atoms with E-state index < -0.39 is 25.4 Å². The maximum Gasteiger partial charge on any atom is 0.401 e. The molecule has 0 aromatic heterocycles. The molecular formula is C8H16F3NO2. The van der Waals surface area contributed by atoms with Gasteiger partial charge in [0, 0.05) is 6.54 Å². The monoisotopic (exact) mass is 215 g/mol. The van der Waals surface area contributed by atoms with Crippen molar-refractivity contribution in [2.75, 3.05) is 26.2 Å². The van der Waals surface area contributed by atoms with E-state index in [1.165, 1.54) is 0 Å². The lowest BCUT2D eigenvalue weighted by Crippen LogP contribution is -2.40. The van der Waals surface area contributed by atoms with Crippen LogP contribution in [-0.2, 0) is 0 Å². The molecule has 0 spiro atoms. The first-order valence-corrected chi connectivity index (χ1v) is 4.47. The standard InChI is InChI=1S/C8H16F3NO2/c1-2-3-12(4-7(14)5-13)6-8(9,10)11/h7,13-14H,2-6H2,1H3. The average Bonchev–Trinajstić information content (AvgIpc) is 2.01. The molecule has 0 aliphatic rings. The minimum Gasteiger partial charge on any atom is -0.394 e. The lowest BCUT2D eigenvalue weighted by atomic mass is 10.3. The van der Waals surface area contributed by atoms with Crippen LogP contribution in [0.3, 0.4) is 0 Å². The Labute approximate surface area is 81.1 Å². The molecule has 0 amide bonds. The van der Waals surface area contributed by atoms with Gasteiger partial charge in [-0.15, -0.1) is 0 Å². The molecule has 1 atom stereocenters. The lowest BCUT2D eigenvalue weighted by molar-refractivity contribution is -0.149. The van der Waals surface area contributed by atoms with E-state index in [4.69, 9.17) is 10.2 Å². The molecule has 14 heavy (non-hydrogen) atoms. The van der Waals surface area contributed by atoms with Gasteiger partial charge in [0.15, 0.2) is 0 Å². The highest BCUT2D eigenvalue weighted by molar-refractivity contribution is 4.67. The van der Waals surface area contributed by atoms with Gasteiger partial charge in [-0.1, -0.05) is 6.92 Å². The van der Waals surface area contributed by atoms with E-state index in [2.05, 4.69) is 0 Å². The van der Waals surface area contributed by atoms with Gasteiger partial charge < -0.3 is 10.2 Å². The normalized spacial score (nSPS) is 14.8. The Hall–Kier alpha value is -0.330. The van der Waals surface area contributed by atoms with Crippen LogP contribution in [0.1, 0.15) is 13.3 Å². The van der Waals surface area contributed by atoms with Crippen molar-refractivity contribution in [1.82, 2.24) is 4.90 Å². The van der Waals surface area contributed by atoms with E-state index in [0.29, 0.717) is 6.42 Å². The third-order valence-corrected chi connectivity index (χ3v) is 1.62. The molecular weight excluding hydrogens is 199 g/mol. The SMILES string of the molecule is CCCN(CC(O)CO)CC(F)(F)F. The molecule has 0 aliphatic heterocycles. The van der Waals surface area contributed by atoms with Gasteiger partial charge in [-0.2, -0.15) is 13.2 Å². The van der Waals surface area contributed by atoms with Crippen LogP contribution in [0.4, 0.5) is 13.2 Å². The molecule has 0 aliphatic carbocycles. The van der Waals surface area contributed by atoms with E-state index in [1.807, 2.05) is 0 Å². The maximum atomic E-state index is 12.0. The fourth-order valence-corrected chi connectivity index (χ4v) is 1.16. The number of aliphatic hydroxyl groups is 2. The second-order valence-electron chi connectivity index (χ2n) is 3.19. The summed E-state index contributed by atoms with van der Waals surface area (Å²) in [5.74, 6) is 0. The molecule has 0 bridgehead atoms. The first kappa shape index (κ1) is 13.7. The van der Waals surface area contributed by atoms with Crippen LogP contribution in [0, 0.1) is 0 Å². The molecule has 86 valence electrons. The number of halogens is 3. The van der Waals surface area contributed by atoms with Gasteiger partial charge in [-0.25, -0.2) is 0 Å². The Morgan fingerprint density at radius 2 is 1.93 bits per heavy atom. The number of aliphatic hydroxyl groups excluding tert-OH is 2. The summed E-state index contributed by atoms with van der Waals surface area (Å²) in [6, 6.07) is 0. The average molecular weight is 215 g/mol. The summed E-state index contributed by atoms with van der Waals surface area (Å²) in [5.41, 5.74) is 0. The lowest BCUT2D eigenvalue weighted by Gasteiger charge is -2.24. The minimum atomic E-state index is -4.26. The molecule has 0 aromatic rings. The van der Waals surface area contributed by atoms with Gasteiger partial charge in [0.1, 0.15) is 0 Å². The third kappa shape index (κ3) is 7.11. The summed E-state index contributed by atoms with van der Waals surface area (Å²) in [5, 5.41) is 17.5. The fourth-order valence-electron chi connectivity index (χ4n) is 1.16. The summed E-state index contributed by atoms with van der Waals surface area (Å²) in [6.45, 7) is 0.311. The van der Waals surface area contributed by atoms with Crippen molar-refractivity contribution in [3.05, 3.63) is 0 Å². The number of hydrogen-bond donors (Lipinski definition) is 2. The van der Waals surface area contributed by atoms with Crippen molar-refractivity contribution in [1.29, 1.82) is 0 Å². The van der Waals surface area contributed by atoms with Crippen molar-refractivity contribution in [2.24, 2.45) is 0 Å². The van der Waals surface area contributed by atoms with Crippen LogP contribution < -0.4 is 0 Å². The fraction of sp³-hybridized carbons (Fsp3) is 1.00. The molecule has 1 unspecified atom stereocenters. The molecule has 0 heterocycles.